The van der Waals surface area contributed by atoms with E-state index in [0.29, 0.717) is 47.1 Å². The Hall–Kier alpha value is -1.50. The maximum absolute atomic E-state index is 12.7. The predicted octanol–water partition coefficient (Wildman–Crippen LogP) is 1.44. The van der Waals surface area contributed by atoms with Crippen molar-refractivity contribution in [3.8, 4) is 5.75 Å². The number of piperazine rings is 3. The monoisotopic (exact) mass is 364 g/mol. The topological polar surface area (TPSA) is 70.8 Å². The van der Waals surface area contributed by atoms with Gasteiger partial charge in [-0.3, -0.25) is 14.6 Å². The van der Waals surface area contributed by atoms with E-state index in [1.54, 1.807) is 12.1 Å². The first-order valence-corrected chi connectivity index (χ1v) is 9.44. The average Bonchev–Trinajstić information content (AvgIpc) is 3.46. The minimum absolute atomic E-state index is 0.148. The molecule has 3 heterocycles. The summed E-state index contributed by atoms with van der Waals surface area (Å²) in [6, 6.07) is 3.66. The number of nitrogen functional groups attached to an aromatic ring is 1. The molecule has 1 aliphatic carbocycles. The number of fused-ring (bicyclic) bond motifs is 3. The van der Waals surface area contributed by atoms with Crippen LogP contribution in [0.3, 0.4) is 0 Å². The molecular weight excluding hydrogens is 340 g/mol. The Morgan fingerprint density at radius 3 is 2.68 bits per heavy atom. The van der Waals surface area contributed by atoms with Crippen LogP contribution >= 0.6 is 11.6 Å². The van der Waals surface area contributed by atoms with Gasteiger partial charge < -0.3 is 15.8 Å². The van der Waals surface area contributed by atoms with Crippen molar-refractivity contribution in [3.05, 3.63) is 22.7 Å². The number of halogens is 1. The molecule has 1 unspecified atom stereocenters. The molecule has 5 rings (SSSR count). The Balaban J connectivity index is 1.42. The number of nitrogens with one attached hydrogen (secondary N) is 1. The SMILES string of the molecule is Nc1cc(OCC2CC2)c(C(=O)NCC2CN3CCN2CC3)cc1Cl. The van der Waals surface area contributed by atoms with Crippen molar-refractivity contribution in [3.63, 3.8) is 0 Å². The number of carbonyl (C=O) groups excluding carboxylic acids is 1. The van der Waals surface area contributed by atoms with Gasteiger partial charge in [0.15, 0.2) is 0 Å². The second-order valence-corrected chi connectivity index (χ2v) is 7.73. The van der Waals surface area contributed by atoms with E-state index in [9.17, 15) is 4.79 Å². The minimum Gasteiger partial charge on any atom is -0.492 e. The fourth-order valence-electron chi connectivity index (χ4n) is 3.58. The van der Waals surface area contributed by atoms with Crippen LogP contribution in [0.4, 0.5) is 5.69 Å². The number of carbonyl (C=O) groups is 1. The molecule has 7 heteroatoms. The van der Waals surface area contributed by atoms with E-state index in [1.165, 1.54) is 12.8 Å². The van der Waals surface area contributed by atoms with Crippen LogP contribution < -0.4 is 15.8 Å². The maximum atomic E-state index is 12.7. The number of ether oxygens (including phenoxy) is 1. The Bertz CT molecular complexity index is 657. The molecule has 3 saturated heterocycles. The van der Waals surface area contributed by atoms with Crippen molar-refractivity contribution >= 4 is 23.2 Å². The summed E-state index contributed by atoms with van der Waals surface area (Å²) < 4.78 is 5.84. The number of rotatable bonds is 6. The van der Waals surface area contributed by atoms with Crippen LogP contribution in [0.25, 0.3) is 0 Å². The van der Waals surface area contributed by atoms with Gasteiger partial charge in [0.1, 0.15) is 5.75 Å². The lowest BCUT2D eigenvalue weighted by atomic mass is 10.1. The zero-order valence-corrected chi connectivity index (χ0v) is 15.1. The van der Waals surface area contributed by atoms with Crippen LogP contribution in [0.15, 0.2) is 12.1 Å². The highest BCUT2D eigenvalue weighted by atomic mass is 35.5. The third-order valence-electron chi connectivity index (χ3n) is 5.41. The molecule has 4 aliphatic rings. The van der Waals surface area contributed by atoms with E-state index in [1.807, 2.05) is 0 Å². The van der Waals surface area contributed by atoms with Crippen LogP contribution in [0.1, 0.15) is 23.2 Å². The highest BCUT2D eigenvalue weighted by Gasteiger charge is 2.32. The van der Waals surface area contributed by atoms with Crippen molar-refractivity contribution in [2.75, 3.05) is 51.6 Å². The van der Waals surface area contributed by atoms with Gasteiger partial charge in [0.2, 0.25) is 0 Å². The number of benzene rings is 1. The van der Waals surface area contributed by atoms with E-state index in [0.717, 1.165) is 32.7 Å². The van der Waals surface area contributed by atoms with E-state index < -0.39 is 0 Å². The van der Waals surface area contributed by atoms with Crippen LogP contribution in [0.2, 0.25) is 5.02 Å². The number of anilines is 1. The summed E-state index contributed by atoms with van der Waals surface area (Å²) in [6.45, 7) is 6.74. The molecule has 6 nitrogen and oxygen atoms in total. The molecule has 0 radical (unpaired) electrons. The van der Waals surface area contributed by atoms with E-state index in [-0.39, 0.29) is 5.91 Å². The molecule has 3 N–H and O–H groups in total. The molecule has 0 spiro atoms. The maximum Gasteiger partial charge on any atom is 0.255 e. The summed E-state index contributed by atoms with van der Waals surface area (Å²) in [5, 5.41) is 3.44. The molecule has 1 amide bonds. The number of nitrogens with zero attached hydrogens (tertiary/aromatic N) is 2. The molecule has 3 aliphatic heterocycles. The first-order chi connectivity index (χ1) is 12.1. The lowest BCUT2D eigenvalue weighted by Crippen LogP contribution is -2.63. The van der Waals surface area contributed by atoms with Crippen molar-refractivity contribution in [1.29, 1.82) is 0 Å². The third-order valence-corrected chi connectivity index (χ3v) is 5.73. The zero-order chi connectivity index (χ0) is 17.4. The van der Waals surface area contributed by atoms with E-state index in [4.69, 9.17) is 22.1 Å². The Kier molecular flexibility index (Phi) is 4.75. The first-order valence-electron chi connectivity index (χ1n) is 9.06. The van der Waals surface area contributed by atoms with Crippen LogP contribution in [-0.2, 0) is 0 Å². The highest BCUT2D eigenvalue weighted by molar-refractivity contribution is 6.33. The van der Waals surface area contributed by atoms with Crippen molar-refractivity contribution in [2.24, 2.45) is 5.92 Å². The van der Waals surface area contributed by atoms with Crippen molar-refractivity contribution < 1.29 is 9.53 Å². The van der Waals surface area contributed by atoms with Gasteiger partial charge in [-0.05, 0) is 24.8 Å². The van der Waals surface area contributed by atoms with Gasteiger partial charge in [0, 0.05) is 51.4 Å². The Labute approximate surface area is 153 Å². The predicted molar refractivity (Wildman–Crippen MR) is 98.2 cm³/mol. The normalized spacial score (nSPS) is 28.0. The molecule has 25 heavy (non-hydrogen) atoms. The molecule has 1 aromatic rings. The molecule has 1 atom stereocenters. The summed E-state index contributed by atoms with van der Waals surface area (Å²) in [4.78, 5) is 17.6. The van der Waals surface area contributed by atoms with Crippen molar-refractivity contribution in [2.45, 2.75) is 18.9 Å². The van der Waals surface area contributed by atoms with Gasteiger partial charge in [-0.25, -0.2) is 0 Å². The third kappa shape index (κ3) is 3.86. The zero-order valence-electron chi connectivity index (χ0n) is 14.3. The second kappa shape index (κ2) is 7.02. The summed E-state index contributed by atoms with van der Waals surface area (Å²) in [7, 11) is 0. The lowest BCUT2D eigenvalue weighted by molar-refractivity contribution is 0.0138. The largest absolute Gasteiger partial charge is 0.492 e. The first kappa shape index (κ1) is 16.9. The van der Waals surface area contributed by atoms with Gasteiger partial charge in [-0.15, -0.1) is 0 Å². The summed E-state index contributed by atoms with van der Waals surface area (Å²) in [5.41, 5.74) is 6.79. The summed E-state index contributed by atoms with van der Waals surface area (Å²) in [6.07, 6.45) is 2.39. The standard InChI is InChI=1S/C18H25ClN4O2/c19-15-7-14(17(8-16(15)20)25-11-12-1-2-12)18(24)21-9-13-10-22-3-5-23(13)6-4-22/h7-8,12-13H,1-6,9-11,20H2,(H,21,24). The quantitative estimate of drug-likeness (QED) is 0.747. The van der Waals surface area contributed by atoms with Crippen molar-refractivity contribution in [1.82, 2.24) is 15.1 Å². The number of hydrogen-bond acceptors (Lipinski definition) is 5. The van der Waals surface area contributed by atoms with Gasteiger partial charge in [-0.2, -0.15) is 0 Å². The Morgan fingerprint density at radius 2 is 2.04 bits per heavy atom. The van der Waals surface area contributed by atoms with E-state index in [2.05, 4.69) is 15.1 Å². The minimum atomic E-state index is -0.148. The molecular formula is C18H25ClN4O2. The van der Waals surface area contributed by atoms with Crippen LogP contribution in [0.5, 0.6) is 5.75 Å². The number of amides is 1. The lowest BCUT2D eigenvalue weighted by Gasteiger charge is -2.47. The number of nitrogens with two attached hydrogens (primary N) is 1. The molecule has 1 saturated carbocycles. The van der Waals surface area contributed by atoms with Gasteiger partial charge in [0.05, 0.1) is 22.9 Å². The van der Waals surface area contributed by atoms with Gasteiger partial charge in [-0.1, -0.05) is 11.6 Å². The summed E-state index contributed by atoms with van der Waals surface area (Å²) in [5.74, 6) is 0.985. The highest BCUT2D eigenvalue weighted by Crippen LogP contribution is 2.33. The molecule has 136 valence electrons. The number of hydrogen-bond donors (Lipinski definition) is 2. The molecule has 0 aromatic heterocycles. The fraction of sp³-hybridized carbons (Fsp3) is 0.611. The van der Waals surface area contributed by atoms with Gasteiger partial charge in [0.25, 0.3) is 5.91 Å². The van der Waals surface area contributed by atoms with Gasteiger partial charge >= 0.3 is 0 Å². The second-order valence-electron chi connectivity index (χ2n) is 7.32. The summed E-state index contributed by atoms with van der Waals surface area (Å²) >= 11 is 6.13. The average molecular weight is 365 g/mol. The molecule has 2 bridgehead atoms. The fourth-order valence-corrected chi connectivity index (χ4v) is 3.75. The van der Waals surface area contributed by atoms with E-state index >= 15 is 0 Å². The Morgan fingerprint density at radius 1 is 1.28 bits per heavy atom. The smallest absolute Gasteiger partial charge is 0.255 e. The molecule has 4 fully saturated rings. The van der Waals surface area contributed by atoms with Crippen LogP contribution in [-0.4, -0.2) is 67.6 Å². The van der Waals surface area contributed by atoms with Crippen LogP contribution in [0, 0.1) is 5.92 Å². The molecule has 1 aromatic carbocycles.